The standard InChI is InChI=1S/C19H31N3O4/c1-5-11(2)15(18(26)22-8-6-7-14(22)16(20)24)21-17(25)13-9-12(23)10-19(13,3)4/h11,13-15H,5-10H2,1-4H3,(H2,20,24)(H,21,25)/t11-,13?,14-,15-/m0/s1. The Balaban J connectivity index is 2.17. The third kappa shape index (κ3) is 4.07. The molecule has 0 aromatic heterocycles. The summed E-state index contributed by atoms with van der Waals surface area (Å²) >= 11 is 0. The number of nitrogens with one attached hydrogen (secondary N) is 1. The quantitative estimate of drug-likeness (QED) is 0.731. The Morgan fingerprint density at radius 2 is 2.00 bits per heavy atom. The Hall–Kier alpha value is -1.92. The molecule has 1 heterocycles. The van der Waals surface area contributed by atoms with Gasteiger partial charge in [-0.2, -0.15) is 0 Å². The van der Waals surface area contributed by atoms with Crippen molar-refractivity contribution in [1.29, 1.82) is 0 Å². The lowest BCUT2D eigenvalue weighted by atomic mass is 9.81. The van der Waals surface area contributed by atoms with Gasteiger partial charge in [-0.15, -0.1) is 0 Å². The Labute approximate surface area is 155 Å². The lowest BCUT2D eigenvalue weighted by Crippen LogP contribution is -2.56. The molecule has 1 saturated heterocycles. The normalized spacial score (nSPS) is 27.2. The molecule has 146 valence electrons. The number of likely N-dealkylation sites (tertiary alicyclic amines) is 1. The molecular weight excluding hydrogens is 334 g/mol. The van der Waals surface area contributed by atoms with E-state index in [4.69, 9.17) is 5.73 Å². The Morgan fingerprint density at radius 1 is 1.35 bits per heavy atom. The minimum Gasteiger partial charge on any atom is -0.368 e. The van der Waals surface area contributed by atoms with Crippen molar-refractivity contribution in [2.24, 2.45) is 23.0 Å². The second-order valence-electron chi connectivity index (χ2n) is 8.42. The number of rotatable bonds is 6. The SMILES string of the molecule is CC[C@H](C)[C@H](NC(=O)C1CC(=O)CC1(C)C)C(=O)N1CCC[C@H]1C(N)=O. The number of hydrogen-bond acceptors (Lipinski definition) is 4. The monoisotopic (exact) mass is 365 g/mol. The van der Waals surface area contributed by atoms with Gasteiger partial charge in [0.15, 0.2) is 0 Å². The number of nitrogens with zero attached hydrogens (tertiary/aromatic N) is 1. The molecule has 0 spiro atoms. The molecule has 1 aliphatic carbocycles. The summed E-state index contributed by atoms with van der Waals surface area (Å²) in [7, 11) is 0. The number of amides is 3. The van der Waals surface area contributed by atoms with Crippen molar-refractivity contribution in [3.8, 4) is 0 Å². The molecule has 0 bridgehead atoms. The summed E-state index contributed by atoms with van der Waals surface area (Å²) in [4.78, 5) is 50.9. The van der Waals surface area contributed by atoms with E-state index in [0.717, 1.165) is 6.42 Å². The van der Waals surface area contributed by atoms with Crippen molar-refractivity contribution in [1.82, 2.24) is 10.2 Å². The molecule has 2 rings (SSSR count). The number of carbonyl (C=O) groups excluding carboxylic acids is 4. The Bertz CT molecular complexity index is 602. The predicted molar refractivity (Wildman–Crippen MR) is 96.8 cm³/mol. The fourth-order valence-corrected chi connectivity index (χ4v) is 4.10. The van der Waals surface area contributed by atoms with Crippen molar-refractivity contribution in [2.75, 3.05) is 6.54 Å². The molecule has 0 aromatic carbocycles. The number of Topliss-reactive ketones (excluding diaryl/α,β-unsaturated/α-hetero) is 1. The molecule has 0 aromatic rings. The zero-order chi connectivity index (χ0) is 19.6. The van der Waals surface area contributed by atoms with Crippen LogP contribution in [0.2, 0.25) is 0 Å². The Morgan fingerprint density at radius 3 is 2.50 bits per heavy atom. The van der Waals surface area contributed by atoms with Gasteiger partial charge in [0.05, 0.1) is 5.92 Å². The first-order valence-electron chi connectivity index (χ1n) is 9.50. The molecule has 3 N–H and O–H groups in total. The van der Waals surface area contributed by atoms with Crippen molar-refractivity contribution in [3.05, 3.63) is 0 Å². The first-order valence-corrected chi connectivity index (χ1v) is 9.50. The highest BCUT2D eigenvalue weighted by molar-refractivity contribution is 5.95. The first-order chi connectivity index (χ1) is 12.1. The smallest absolute Gasteiger partial charge is 0.246 e. The van der Waals surface area contributed by atoms with E-state index in [2.05, 4.69) is 5.32 Å². The summed E-state index contributed by atoms with van der Waals surface area (Å²) in [5.74, 6) is -1.45. The lowest BCUT2D eigenvalue weighted by molar-refractivity contribution is -0.143. The van der Waals surface area contributed by atoms with Crippen LogP contribution in [0.15, 0.2) is 0 Å². The van der Waals surface area contributed by atoms with Crippen LogP contribution in [-0.2, 0) is 19.2 Å². The van der Waals surface area contributed by atoms with E-state index >= 15 is 0 Å². The first kappa shape index (κ1) is 20.4. The minimum absolute atomic E-state index is 0.0786. The summed E-state index contributed by atoms with van der Waals surface area (Å²) in [6.45, 7) is 8.15. The second-order valence-corrected chi connectivity index (χ2v) is 8.42. The summed E-state index contributed by atoms with van der Waals surface area (Å²) in [5.41, 5.74) is 5.02. The second kappa shape index (κ2) is 7.76. The zero-order valence-electron chi connectivity index (χ0n) is 16.2. The van der Waals surface area contributed by atoms with Gasteiger partial charge in [-0.25, -0.2) is 0 Å². The molecule has 2 aliphatic rings. The van der Waals surface area contributed by atoms with E-state index in [1.165, 1.54) is 4.90 Å². The van der Waals surface area contributed by atoms with Crippen LogP contribution in [0.1, 0.15) is 59.8 Å². The third-order valence-corrected chi connectivity index (χ3v) is 5.99. The fourth-order valence-electron chi connectivity index (χ4n) is 4.10. The van der Waals surface area contributed by atoms with Gasteiger partial charge in [-0.05, 0) is 24.2 Å². The third-order valence-electron chi connectivity index (χ3n) is 5.99. The Kier molecular flexibility index (Phi) is 6.09. The van der Waals surface area contributed by atoms with Gasteiger partial charge in [0.25, 0.3) is 0 Å². The van der Waals surface area contributed by atoms with E-state index < -0.39 is 29.3 Å². The summed E-state index contributed by atoms with van der Waals surface area (Å²) in [5, 5.41) is 2.89. The van der Waals surface area contributed by atoms with Gasteiger partial charge in [-0.1, -0.05) is 34.1 Å². The van der Waals surface area contributed by atoms with Gasteiger partial charge >= 0.3 is 0 Å². The van der Waals surface area contributed by atoms with Crippen LogP contribution >= 0.6 is 0 Å². The minimum atomic E-state index is -0.709. The molecule has 2 fully saturated rings. The molecule has 1 aliphatic heterocycles. The summed E-state index contributed by atoms with van der Waals surface area (Å²) in [6, 6.07) is -1.31. The van der Waals surface area contributed by atoms with Crippen LogP contribution in [0.5, 0.6) is 0 Å². The number of primary amides is 1. The van der Waals surface area contributed by atoms with E-state index in [9.17, 15) is 19.2 Å². The highest BCUT2D eigenvalue weighted by Crippen LogP contribution is 2.40. The van der Waals surface area contributed by atoms with E-state index in [1.807, 2.05) is 27.7 Å². The lowest BCUT2D eigenvalue weighted by Gasteiger charge is -2.33. The van der Waals surface area contributed by atoms with E-state index in [0.29, 0.717) is 25.8 Å². The fraction of sp³-hybridized carbons (Fsp3) is 0.789. The maximum Gasteiger partial charge on any atom is 0.246 e. The van der Waals surface area contributed by atoms with Crippen LogP contribution in [0.4, 0.5) is 0 Å². The zero-order valence-corrected chi connectivity index (χ0v) is 16.2. The number of hydrogen-bond donors (Lipinski definition) is 2. The van der Waals surface area contributed by atoms with Crippen LogP contribution < -0.4 is 11.1 Å². The average Bonchev–Trinajstić information content (AvgIpc) is 3.14. The van der Waals surface area contributed by atoms with Crippen LogP contribution in [-0.4, -0.2) is 47.0 Å². The molecule has 1 saturated carbocycles. The molecule has 4 atom stereocenters. The molecular formula is C19H31N3O4. The van der Waals surface area contributed by atoms with Gasteiger partial charge in [-0.3, -0.25) is 19.2 Å². The number of ketones is 1. The highest BCUT2D eigenvalue weighted by atomic mass is 16.2. The van der Waals surface area contributed by atoms with Crippen LogP contribution in [0.25, 0.3) is 0 Å². The molecule has 3 amide bonds. The molecule has 1 unspecified atom stereocenters. The van der Waals surface area contributed by atoms with Gasteiger partial charge < -0.3 is 16.0 Å². The van der Waals surface area contributed by atoms with E-state index in [-0.39, 0.29) is 29.9 Å². The molecule has 7 nitrogen and oxygen atoms in total. The van der Waals surface area contributed by atoms with Gasteiger partial charge in [0, 0.05) is 19.4 Å². The predicted octanol–water partition coefficient (Wildman–Crippen LogP) is 0.999. The largest absolute Gasteiger partial charge is 0.368 e. The summed E-state index contributed by atoms with van der Waals surface area (Å²) in [6.07, 6.45) is 2.59. The maximum absolute atomic E-state index is 13.1. The van der Waals surface area contributed by atoms with Crippen LogP contribution in [0.3, 0.4) is 0 Å². The number of carbonyl (C=O) groups is 4. The summed E-state index contributed by atoms with van der Waals surface area (Å²) < 4.78 is 0. The molecule has 26 heavy (non-hydrogen) atoms. The topological polar surface area (TPSA) is 110 Å². The number of nitrogens with two attached hydrogens (primary N) is 1. The molecule has 7 heteroatoms. The van der Waals surface area contributed by atoms with Crippen molar-refractivity contribution < 1.29 is 19.2 Å². The van der Waals surface area contributed by atoms with Crippen molar-refractivity contribution in [2.45, 2.75) is 71.9 Å². The van der Waals surface area contributed by atoms with Crippen molar-refractivity contribution in [3.63, 3.8) is 0 Å². The average molecular weight is 365 g/mol. The maximum atomic E-state index is 13.1. The van der Waals surface area contributed by atoms with Gasteiger partial charge in [0.1, 0.15) is 17.9 Å². The van der Waals surface area contributed by atoms with E-state index in [1.54, 1.807) is 0 Å². The molecule has 0 radical (unpaired) electrons. The van der Waals surface area contributed by atoms with Gasteiger partial charge in [0.2, 0.25) is 17.7 Å². The highest BCUT2D eigenvalue weighted by Gasteiger charge is 2.45. The van der Waals surface area contributed by atoms with Crippen LogP contribution in [0, 0.1) is 17.3 Å². The van der Waals surface area contributed by atoms with Crippen molar-refractivity contribution >= 4 is 23.5 Å².